The number of benzene rings is 3. The molecule has 0 amide bonds. The summed E-state index contributed by atoms with van der Waals surface area (Å²) in [5.41, 5.74) is 5.41. The SMILES string of the molecule is O=c1[nH]c2cc(/C=C3\c4ccc(F)cc4COc4cc(F)ccc43)ccc2n1C1CCNC1. The molecular weight excluding hydrogens is 424 g/mol. The number of hydrogen-bond acceptors (Lipinski definition) is 3. The normalized spacial score (nSPS) is 18.7. The van der Waals surface area contributed by atoms with Gasteiger partial charge in [0.15, 0.2) is 0 Å². The third kappa shape index (κ3) is 3.45. The summed E-state index contributed by atoms with van der Waals surface area (Å²) in [4.78, 5) is 15.6. The van der Waals surface area contributed by atoms with Gasteiger partial charge in [-0.2, -0.15) is 0 Å². The predicted molar refractivity (Wildman–Crippen MR) is 123 cm³/mol. The number of rotatable bonds is 2. The van der Waals surface area contributed by atoms with Crippen LogP contribution in [0, 0.1) is 11.6 Å². The minimum absolute atomic E-state index is 0.118. The number of halogens is 2. The van der Waals surface area contributed by atoms with E-state index in [1.54, 1.807) is 12.1 Å². The van der Waals surface area contributed by atoms with Crippen molar-refractivity contribution in [1.29, 1.82) is 0 Å². The number of fused-ring (bicyclic) bond motifs is 3. The van der Waals surface area contributed by atoms with Gasteiger partial charge in [-0.1, -0.05) is 12.1 Å². The van der Waals surface area contributed by atoms with E-state index in [9.17, 15) is 13.6 Å². The topological polar surface area (TPSA) is 59.1 Å². The molecule has 0 radical (unpaired) electrons. The standard InChI is InChI=1S/C26H21F2N3O2/c27-17-2-4-20-16(11-17)14-33-25-12-18(28)3-5-21(25)22(20)9-15-1-6-24-23(10-15)30-26(32)31(24)19-7-8-29-13-19/h1-6,9-12,19,29H,7-8,13-14H2,(H,30,32)/b22-9+. The van der Waals surface area contributed by atoms with E-state index in [1.807, 2.05) is 28.8 Å². The van der Waals surface area contributed by atoms with Gasteiger partial charge in [-0.05, 0) is 72.1 Å². The highest BCUT2D eigenvalue weighted by molar-refractivity contribution is 5.95. The number of ether oxygens (including phenoxy) is 1. The van der Waals surface area contributed by atoms with Crippen molar-refractivity contribution in [2.24, 2.45) is 0 Å². The van der Waals surface area contributed by atoms with Gasteiger partial charge in [-0.15, -0.1) is 0 Å². The highest BCUT2D eigenvalue weighted by Gasteiger charge is 2.22. The van der Waals surface area contributed by atoms with Crippen LogP contribution in [0.2, 0.25) is 0 Å². The first kappa shape index (κ1) is 19.9. The van der Waals surface area contributed by atoms with Crippen molar-refractivity contribution in [2.45, 2.75) is 19.1 Å². The fourth-order valence-corrected chi connectivity index (χ4v) is 4.87. The summed E-state index contributed by atoms with van der Waals surface area (Å²) in [7, 11) is 0. The van der Waals surface area contributed by atoms with Gasteiger partial charge in [0.1, 0.15) is 24.0 Å². The van der Waals surface area contributed by atoms with E-state index < -0.39 is 5.82 Å². The van der Waals surface area contributed by atoms with Gasteiger partial charge < -0.3 is 15.0 Å². The summed E-state index contributed by atoms with van der Waals surface area (Å²) in [6.45, 7) is 1.82. The first-order valence-corrected chi connectivity index (χ1v) is 10.9. The molecule has 1 saturated heterocycles. The maximum atomic E-state index is 13.9. The van der Waals surface area contributed by atoms with Crippen LogP contribution in [-0.4, -0.2) is 22.6 Å². The van der Waals surface area contributed by atoms with Crippen molar-refractivity contribution >= 4 is 22.7 Å². The van der Waals surface area contributed by atoms with E-state index in [2.05, 4.69) is 10.3 Å². The maximum absolute atomic E-state index is 13.9. The second-order valence-electron chi connectivity index (χ2n) is 8.51. The average Bonchev–Trinajstić information content (AvgIpc) is 3.40. The van der Waals surface area contributed by atoms with Crippen molar-refractivity contribution in [1.82, 2.24) is 14.9 Å². The van der Waals surface area contributed by atoms with Crippen LogP contribution in [0.15, 0.2) is 59.4 Å². The summed E-state index contributed by atoms with van der Waals surface area (Å²) >= 11 is 0. The zero-order valence-corrected chi connectivity index (χ0v) is 17.7. The van der Waals surface area contributed by atoms with Gasteiger partial charge >= 0.3 is 5.69 Å². The quantitative estimate of drug-likeness (QED) is 0.473. The second kappa shape index (κ2) is 7.71. The monoisotopic (exact) mass is 445 g/mol. The van der Waals surface area contributed by atoms with E-state index in [4.69, 9.17) is 4.74 Å². The van der Waals surface area contributed by atoms with Crippen LogP contribution in [0.4, 0.5) is 8.78 Å². The first-order chi connectivity index (χ1) is 16.1. The molecule has 2 aliphatic rings. The van der Waals surface area contributed by atoms with E-state index in [1.165, 1.54) is 24.3 Å². The molecule has 3 aromatic carbocycles. The Balaban J connectivity index is 1.52. The van der Waals surface area contributed by atoms with Crippen molar-refractivity contribution in [2.75, 3.05) is 13.1 Å². The summed E-state index contributed by atoms with van der Waals surface area (Å²) < 4.78 is 35.5. The van der Waals surface area contributed by atoms with Gasteiger partial charge in [-0.3, -0.25) is 4.57 Å². The van der Waals surface area contributed by atoms with Crippen LogP contribution < -0.4 is 15.7 Å². The van der Waals surface area contributed by atoms with Crippen LogP contribution in [-0.2, 0) is 6.61 Å². The minimum atomic E-state index is -0.396. The molecular formula is C26H21F2N3O2. The number of aromatic amines is 1. The Hall–Kier alpha value is -3.71. The Kier molecular flexibility index (Phi) is 4.66. The first-order valence-electron chi connectivity index (χ1n) is 10.9. The lowest BCUT2D eigenvalue weighted by Crippen LogP contribution is -2.23. The van der Waals surface area contributed by atoms with Gasteiger partial charge in [0.05, 0.1) is 17.1 Å². The predicted octanol–water partition coefficient (Wildman–Crippen LogP) is 4.62. The molecule has 5 nitrogen and oxygen atoms in total. The van der Waals surface area contributed by atoms with Gasteiger partial charge in [0.2, 0.25) is 0 Å². The molecule has 1 atom stereocenters. The molecule has 7 heteroatoms. The molecule has 0 aliphatic carbocycles. The summed E-state index contributed by atoms with van der Waals surface area (Å²) in [6, 6.07) is 15.0. The van der Waals surface area contributed by atoms with Crippen LogP contribution in [0.25, 0.3) is 22.7 Å². The molecule has 4 aromatic rings. The molecule has 2 N–H and O–H groups in total. The molecule has 0 bridgehead atoms. The number of nitrogens with zero attached hydrogens (tertiary/aromatic N) is 1. The molecule has 0 saturated carbocycles. The maximum Gasteiger partial charge on any atom is 0.326 e. The molecule has 0 spiro atoms. The van der Waals surface area contributed by atoms with Gasteiger partial charge in [0, 0.05) is 23.7 Å². The van der Waals surface area contributed by atoms with Gasteiger partial charge in [-0.25, -0.2) is 13.6 Å². The summed E-state index contributed by atoms with van der Waals surface area (Å²) in [6.07, 6.45) is 2.88. The Bertz CT molecular complexity index is 1420. The van der Waals surface area contributed by atoms with E-state index in [0.717, 1.165) is 52.8 Å². The van der Waals surface area contributed by atoms with E-state index in [-0.39, 0.29) is 24.2 Å². The Morgan fingerprint density at radius 2 is 1.82 bits per heavy atom. The number of H-pyrrole nitrogens is 1. The fraction of sp³-hybridized carbons (Fsp3) is 0.192. The van der Waals surface area contributed by atoms with Crippen LogP contribution in [0.3, 0.4) is 0 Å². The molecule has 33 heavy (non-hydrogen) atoms. The number of aromatic nitrogens is 2. The Morgan fingerprint density at radius 1 is 1.00 bits per heavy atom. The second-order valence-corrected chi connectivity index (χ2v) is 8.51. The molecule has 1 fully saturated rings. The van der Waals surface area contributed by atoms with Crippen molar-refractivity contribution in [3.8, 4) is 5.75 Å². The van der Waals surface area contributed by atoms with Gasteiger partial charge in [0.25, 0.3) is 0 Å². The van der Waals surface area contributed by atoms with Crippen molar-refractivity contribution in [3.05, 3.63) is 99.0 Å². The third-order valence-corrected chi connectivity index (χ3v) is 6.43. The highest BCUT2D eigenvalue weighted by Crippen LogP contribution is 2.38. The zero-order valence-electron chi connectivity index (χ0n) is 17.7. The highest BCUT2D eigenvalue weighted by atomic mass is 19.1. The van der Waals surface area contributed by atoms with Crippen LogP contribution in [0.5, 0.6) is 5.75 Å². The largest absolute Gasteiger partial charge is 0.488 e. The zero-order chi connectivity index (χ0) is 22.5. The smallest absolute Gasteiger partial charge is 0.326 e. The Labute approximate surface area is 188 Å². The third-order valence-electron chi connectivity index (χ3n) is 6.43. The van der Waals surface area contributed by atoms with E-state index in [0.29, 0.717) is 11.3 Å². The number of hydrogen-bond donors (Lipinski definition) is 2. The lowest BCUT2D eigenvalue weighted by Gasteiger charge is -2.12. The van der Waals surface area contributed by atoms with Crippen LogP contribution >= 0.6 is 0 Å². The minimum Gasteiger partial charge on any atom is -0.488 e. The molecule has 6 rings (SSSR count). The molecule has 2 aliphatic heterocycles. The lowest BCUT2D eigenvalue weighted by molar-refractivity contribution is 0.305. The molecule has 1 unspecified atom stereocenters. The van der Waals surface area contributed by atoms with E-state index >= 15 is 0 Å². The summed E-state index contributed by atoms with van der Waals surface area (Å²) in [5.74, 6) is -0.338. The number of imidazole rings is 1. The molecule has 166 valence electrons. The molecule has 3 heterocycles. The number of nitrogens with one attached hydrogen (secondary N) is 2. The fourth-order valence-electron chi connectivity index (χ4n) is 4.87. The lowest BCUT2D eigenvalue weighted by atomic mass is 9.92. The summed E-state index contributed by atoms with van der Waals surface area (Å²) in [5, 5.41) is 3.30. The Morgan fingerprint density at radius 3 is 2.64 bits per heavy atom. The van der Waals surface area contributed by atoms with Crippen molar-refractivity contribution < 1.29 is 13.5 Å². The van der Waals surface area contributed by atoms with Crippen LogP contribution in [0.1, 0.15) is 34.7 Å². The molecule has 1 aromatic heterocycles. The average molecular weight is 445 g/mol. The van der Waals surface area contributed by atoms with Crippen molar-refractivity contribution in [3.63, 3.8) is 0 Å².